The molecule has 0 aliphatic rings. The summed E-state index contributed by atoms with van der Waals surface area (Å²) in [5, 5.41) is 0. The minimum Gasteiger partial charge on any atom is -0.466 e. The van der Waals surface area contributed by atoms with Gasteiger partial charge in [-0.3, -0.25) is 9.79 Å². The number of methoxy groups -OCH3 is 1. The number of nitrogens with zero attached hydrogens (tertiary/aromatic N) is 1. The Bertz CT molecular complexity index is 322. The summed E-state index contributed by atoms with van der Waals surface area (Å²) in [6, 6.07) is -0.534. The van der Waals surface area contributed by atoms with Crippen LogP contribution in [0.5, 0.6) is 0 Å². The zero-order valence-electron chi connectivity index (χ0n) is 10.6. The van der Waals surface area contributed by atoms with E-state index in [2.05, 4.69) is 9.73 Å². The predicted octanol–water partition coefficient (Wildman–Crippen LogP) is 1.22. The fraction of sp³-hybridized carbons (Fsp3) is 0.583. The van der Waals surface area contributed by atoms with Crippen molar-refractivity contribution in [2.75, 3.05) is 7.11 Å². The van der Waals surface area contributed by atoms with E-state index in [0.29, 0.717) is 12.8 Å². The van der Waals surface area contributed by atoms with Gasteiger partial charge < -0.3 is 10.5 Å². The van der Waals surface area contributed by atoms with Crippen LogP contribution in [0, 0.1) is 0 Å². The Morgan fingerprint density at radius 1 is 1.41 bits per heavy atom. The number of hydrogen-bond donors (Lipinski definition) is 1. The van der Waals surface area contributed by atoms with Crippen molar-refractivity contribution in [1.82, 2.24) is 0 Å². The van der Waals surface area contributed by atoms with Gasteiger partial charge in [0.15, 0.2) is 0 Å². The maximum Gasteiger partial charge on any atom is 0.330 e. The number of carbonyl (C=O) groups excluding carboxylic acids is 2. The van der Waals surface area contributed by atoms with E-state index in [-0.39, 0.29) is 0 Å². The van der Waals surface area contributed by atoms with Crippen molar-refractivity contribution in [2.45, 2.75) is 39.2 Å². The highest BCUT2D eigenvalue weighted by Gasteiger charge is 2.09. The highest BCUT2D eigenvalue weighted by Crippen LogP contribution is 2.04. The van der Waals surface area contributed by atoms with Crippen molar-refractivity contribution in [1.29, 1.82) is 0 Å². The molecule has 0 aliphatic carbocycles. The number of rotatable bonds is 7. The third kappa shape index (κ3) is 6.50. The van der Waals surface area contributed by atoms with Gasteiger partial charge in [-0.2, -0.15) is 0 Å². The lowest BCUT2D eigenvalue weighted by molar-refractivity contribution is -0.134. The number of aliphatic imine (C=N–C) groups is 1. The second-order valence-corrected chi connectivity index (χ2v) is 3.60. The molecule has 1 atom stereocenters. The molecule has 0 heterocycles. The molecule has 96 valence electrons. The summed E-state index contributed by atoms with van der Waals surface area (Å²) >= 11 is 0. The molecule has 0 aromatic rings. The highest BCUT2D eigenvalue weighted by atomic mass is 16.5. The normalized spacial score (nSPS) is 13.7. The van der Waals surface area contributed by atoms with E-state index in [1.54, 1.807) is 0 Å². The van der Waals surface area contributed by atoms with Crippen molar-refractivity contribution < 1.29 is 14.3 Å². The Morgan fingerprint density at radius 3 is 2.47 bits per heavy atom. The summed E-state index contributed by atoms with van der Waals surface area (Å²) < 4.78 is 4.54. The monoisotopic (exact) mass is 240 g/mol. The summed E-state index contributed by atoms with van der Waals surface area (Å²) in [6.07, 6.45) is 5.03. The molecule has 17 heavy (non-hydrogen) atoms. The van der Waals surface area contributed by atoms with Crippen LogP contribution in [-0.4, -0.2) is 31.2 Å². The zero-order chi connectivity index (χ0) is 13.3. The van der Waals surface area contributed by atoms with Crippen molar-refractivity contribution in [3.8, 4) is 0 Å². The topological polar surface area (TPSA) is 81.8 Å². The zero-order valence-corrected chi connectivity index (χ0v) is 10.6. The summed E-state index contributed by atoms with van der Waals surface area (Å²) in [5.74, 6) is -0.885. The van der Waals surface area contributed by atoms with Crippen LogP contribution in [0.3, 0.4) is 0 Å². The summed E-state index contributed by atoms with van der Waals surface area (Å²) in [4.78, 5) is 26.1. The number of hydrogen-bond acceptors (Lipinski definition) is 4. The molecular formula is C12H20N2O3. The average Bonchev–Trinajstić information content (AvgIpc) is 2.29. The minimum absolute atomic E-state index is 0.424. The smallest absolute Gasteiger partial charge is 0.330 e. The van der Waals surface area contributed by atoms with E-state index >= 15 is 0 Å². The van der Waals surface area contributed by atoms with Crippen LogP contribution in [0.4, 0.5) is 0 Å². The number of allylic oxidation sites excluding steroid dienone is 1. The number of nitrogens with two attached hydrogens (primary N) is 1. The lowest BCUT2D eigenvalue weighted by atomic mass is 10.1. The predicted molar refractivity (Wildman–Crippen MR) is 66.8 cm³/mol. The summed E-state index contributed by atoms with van der Waals surface area (Å²) in [6.45, 7) is 3.82. The molecule has 0 rings (SSSR count). The Labute approximate surface area is 102 Å². The van der Waals surface area contributed by atoms with Gasteiger partial charge in [-0.15, -0.1) is 0 Å². The van der Waals surface area contributed by atoms with E-state index in [4.69, 9.17) is 5.73 Å². The van der Waals surface area contributed by atoms with Gasteiger partial charge in [0.1, 0.15) is 6.04 Å². The summed E-state index contributed by atoms with van der Waals surface area (Å²) in [7, 11) is 1.32. The number of amides is 1. The molecule has 0 saturated heterocycles. The molecule has 5 nitrogen and oxygen atoms in total. The molecule has 1 amide bonds. The van der Waals surface area contributed by atoms with Gasteiger partial charge in [-0.1, -0.05) is 20.3 Å². The Balaban J connectivity index is 4.74. The first-order valence-corrected chi connectivity index (χ1v) is 5.66. The van der Waals surface area contributed by atoms with Gasteiger partial charge in [0, 0.05) is 12.3 Å². The first-order valence-electron chi connectivity index (χ1n) is 5.66. The van der Waals surface area contributed by atoms with Crippen molar-refractivity contribution in [3.05, 3.63) is 11.6 Å². The Kier molecular flexibility index (Phi) is 7.67. The molecule has 2 N–H and O–H groups in total. The van der Waals surface area contributed by atoms with Crippen molar-refractivity contribution >= 4 is 18.1 Å². The van der Waals surface area contributed by atoms with Gasteiger partial charge >= 0.3 is 5.97 Å². The van der Waals surface area contributed by atoms with Crippen LogP contribution in [0.25, 0.3) is 0 Å². The molecule has 0 aromatic carbocycles. The molecule has 0 fully saturated rings. The van der Waals surface area contributed by atoms with Crippen LogP contribution < -0.4 is 5.73 Å². The third-order valence-electron chi connectivity index (χ3n) is 2.18. The van der Waals surface area contributed by atoms with Crippen molar-refractivity contribution in [3.63, 3.8) is 0 Å². The number of esters is 1. The first-order chi connectivity index (χ1) is 8.04. The largest absolute Gasteiger partial charge is 0.466 e. The van der Waals surface area contributed by atoms with Crippen LogP contribution in [0.2, 0.25) is 0 Å². The van der Waals surface area contributed by atoms with Gasteiger partial charge in [0.2, 0.25) is 5.91 Å². The van der Waals surface area contributed by atoms with Gasteiger partial charge in [-0.05, 0) is 18.4 Å². The van der Waals surface area contributed by atoms with Crippen LogP contribution >= 0.6 is 0 Å². The number of ether oxygens (including phenoxy) is 1. The molecule has 0 unspecified atom stereocenters. The summed E-state index contributed by atoms with van der Waals surface area (Å²) in [5.41, 5.74) is 5.91. The Morgan fingerprint density at radius 2 is 2.06 bits per heavy atom. The molecule has 5 heteroatoms. The standard InChI is InChI=1S/C12H20N2O3/c1-4-6-9(7-11(15)17-3)8-14-10(5-2)12(13)16/h7-8,10H,4-6H2,1-3H3,(H2,13,16)/b9-7-,14-8+/t10-/m0/s1. The van der Waals surface area contributed by atoms with Crippen molar-refractivity contribution in [2.24, 2.45) is 10.7 Å². The van der Waals surface area contributed by atoms with E-state index in [9.17, 15) is 9.59 Å². The number of carbonyl (C=O) groups is 2. The highest BCUT2D eigenvalue weighted by molar-refractivity contribution is 5.92. The number of primary amides is 1. The van der Waals surface area contributed by atoms with Crippen LogP contribution in [-0.2, 0) is 14.3 Å². The molecule has 0 radical (unpaired) electrons. The van der Waals surface area contributed by atoms with E-state index in [0.717, 1.165) is 12.0 Å². The lowest BCUT2D eigenvalue weighted by Gasteiger charge is -2.05. The van der Waals surface area contributed by atoms with Gasteiger partial charge in [0.05, 0.1) is 7.11 Å². The minimum atomic E-state index is -0.534. The molecule has 0 aromatic heterocycles. The van der Waals surface area contributed by atoms with Gasteiger partial charge in [0.25, 0.3) is 0 Å². The van der Waals surface area contributed by atoms with E-state index in [1.165, 1.54) is 19.4 Å². The quantitative estimate of drug-likeness (QED) is 0.412. The molecule has 0 saturated carbocycles. The lowest BCUT2D eigenvalue weighted by Crippen LogP contribution is -2.26. The fourth-order valence-corrected chi connectivity index (χ4v) is 1.24. The van der Waals surface area contributed by atoms with E-state index < -0.39 is 17.9 Å². The van der Waals surface area contributed by atoms with Gasteiger partial charge in [-0.25, -0.2) is 4.79 Å². The van der Waals surface area contributed by atoms with Crippen LogP contribution in [0.15, 0.2) is 16.6 Å². The average molecular weight is 240 g/mol. The SMILES string of the molecule is CCCC(=C/C(=O)OC)/C=N/[C@@H](CC)C(N)=O. The molecule has 0 bridgehead atoms. The maximum atomic E-state index is 11.1. The first kappa shape index (κ1) is 15.3. The molecule has 0 spiro atoms. The van der Waals surface area contributed by atoms with Crippen LogP contribution in [0.1, 0.15) is 33.1 Å². The second kappa shape index (κ2) is 8.50. The molecule has 0 aliphatic heterocycles. The third-order valence-corrected chi connectivity index (χ3v) is 2.18. The maximum absolute atomic E-state index is 11.1. The van der Waals surface area contributed by atoms with E-state index in [1.807, 2.05) is 13.8 Å². The molecular weight excluding hydrogens is 220 g/mol. The Hall–Kier alpha value is -1.65. The second-order valence-electron chi connectivity index (χ2n) is 3.60. The fourth-order valence-electron chi connectivity index (χ4n) is 1.24.